The lowest BCUT2D eigenvalue weighted by atomic mass is 9.96. The van der Waals surface area contributed by atoms with Crippen molar-refractivity contribution < 1.29 is 9.59 Å². The molecule has 1 fully saturated rings. The third kappa shape index (κ3) is 3.62. The summed E-state index contributed by atoms with van der Waals surface area (Å²) in [5, 5.41) is 4.32. The van der Waals surface area contributed by atoms with Crippen LogP contribution in [-0.2, 0) is 11.3 Å². The quantitative estimate of drug-likeness (QED) is 0.895. The lowest BCUT2D eigenvalue weighted by Gasteiger charge is -2.33. The number of carbonyl (C=O) groups is 2. The van der Waals surface area contributed by atoms with Gasteiger partial charge in [0.2, 0.25) is 5.91 Å². The van der Waals surface area contributed by atoms with Crippen molar-refractivity contribution in [2.75, 3.05) is 27.2 Å². The molecule has 1 atom stereocenters. The monoisotopic (exact) mass is 355 g/mol. The van der Waals surface area contributed by atoms with Gasteiger partial charge in [0.05, 0.1) is 23.4 Å². The molecule has 26 heavy (non-hydrogen) atoms. The van der Waals surface area contributed by atoms with E-state index in [1.54, 1.807) is 40.8 Å². The first-order chi connectivity index (χ1) is 12.5. The summed E-state index contributed by atoms with van der Waals surface area (Å²) >= 11 is 0. The number of rotatable bonds is 4. The van der Waals surface area contributed by atoms with Gasteiger partial charge in [-0.2, -0.15) is 5.10 Å². The second-order valence-electron chi connectivity index (χ2n) is 6.84. The van der Waals surface area contributed by atoms with Gasteiger partial charge < -0.3 is 15.5 Å². The highest BCUT2D eigenvalue weighted by Gasteiger charge is 2.30. The van der Waals surface area contributed by atoms with Gasteiger partial charge >= 0.3 is 0 Å². The number of amides is 2. The summed E-state index contributed by atoms with van der Waals surface area (Å²) in [4.78, 5) is 28.8. The zero-order valence-electron chi connectivity index (χ0n) is 15.3. The maximum atomic E-state index is 13.1. The fraction of sp³-hybridized carbons (Fsp3) is 0.421. The van der Waals surface area contributed by atoms with Gasteiger partial charge in [-0.3, -0.25) is 9.59 Å². The molecule has 0 radical (unpaired) electrons. The highest BCUT2D eigenvalue weighted by Crippen LogP contribution is 2.23. The van der Waals surface area contributed by atoms with Crippen LogP contribution in [0.25, 0.3) is 5.69 Å². The maximum absolute atomic E-state index is 13.1. The number of benzene rings is 1. The van der Waals surface area contributed by atoms with Crippen molar-refractivity contribution >= 4 is 11.8 Å². The molecule has 3 rings (SSSR count). The number of hydrogen-bond donors (Lipinski definition) is 1. The highest BCUT2D eigenvalue weighted by molar-refractivity contribution is 5.98. The Balaban J connectivity index is 1.85. The largest absolute Gasteiger partial charge is 0.349 e. The van der Waals surface area contributed by atoms with E-state index in [0.29, 0.717) is 25.2 Å². The van der Waals surface area contributed by atoms with Crippen LogP contribution in [0.4, 0.5) is 0 Å². The fourth-order valence-electron chi connectivity index (χ4n) is 3.35. The Hall–Kier alpha value is -2.67. The van der Waals surface area contributed by atoms with Crippen LogP contribution in [0, 0.1) is 5.92 Å². The van der Waals surface area contributed by atoms with E-state index in [-0.39, 0.29) is 17.7 Å². The molecule has 0 aliphatic carbocycles. The molecule has 138 valence electrons. The molecule has 2 aromatic rings. The van der Waals surface area contributed by atoms with E-state index in [4.69, 9.17) is 5.73 Å². The van der Waals surface area contributed by atoms with Crippen LogP contribution in [0.15, 0.2) is 36.7 Å². The molecule has 1 aliphatic rings. The number of nitrogens with zero attached hydrogens (tertiary/aromatic N) is 4. The molecule has 1 aromatic carbocycles. The van der Waals surface area contributed by atoms with E-state index in [9.17, 15) is 9.59 Å². The number of para-hydroxylation sites is 1. The lowest BCUT2D eigenvalue weighted by molar-refractivity contribution is -0.134. The van der Waals surface area contributed by atoms with Crippen LogP contribution in [-0.4, -0.2) is 58.6 Å². The van der Waals surface area contributed by atoms with Crippen LogP contribution in [0.3, 0.4) is 0 Å². The molecule has 1 saturated heterocycles. The van der Waals surface area contributed by atoms with Crippen LogP contribution in [0.2, 0.25) is 0 Å². The molecule has 1 aromatic heterocycles. The summed E-state index contributed by atoms with van der Waals surface area (Å²) in [6.45, 7) is 1.52. The molecule has 7 nitrogen and oxygen atoms in total. The first kappa shape index (κ1) is 18.1. The van der Waals surface area contributed by atoms with Crippen LogP contribution in [0.1, 0.15) is 28.8 Å². The Labute approximate surface area is 153 Å². The van der Waals surface area contributed by atoms with E-state index in [1.165, 1.54) is 0 Å². The molecular weight excluding hydrogens is 330 g/mol. The number of carbonyl (C=O) groups excluding carboxylic acids is 2. The summed E-state index contributed by atoms with van der Waals surface area (Å²) in [6, 6.07) is 7.40. The Morgan fingerprint density at radius 1 is 1.31 bits per heavy atom. The molecule has 1 aliphatic heterocycles. The Morgan fingerprint density at radius 3 is 2.77 bits per heavy atom. The van der Waals surface area contributed by atoms with E-state index < -0.39 is 0 Å². The van der Waals surface area contributed by atoms with Gasteiger partial charge in [-0.1, -0.05) is 12.1 Å². The number of hydrogen-bond acceptors (Lipinski definition) is 4. The highest BCUT2D eigenvalue weighted by atomic mass is 16.2. The van der Waals surface area contributed by atoms with Gasteiger partial charge in [-0.25, -0.2) is 4.68 Å². The zero-order valence-corrected chi connectivity index (χ0v) is 15.3. The minimum Gasteiger partial charge on any atom is -0.349 e. The molecule has 2 N–H and O–H groups in total. The average molecular weight is 355 g/mol. The number of likely N-dealkylation sites (tertiary alicyclic amines) is 1. The minimum atomic E-state index is -0.136. The fourth-order valence-corrected chi connectivity index (χ4v) is 3.35. The Kier molecular flexibility index (Phi) is 5.37. The van der Waals surface area contributed by atoms with E-state index in [2.05, 4.69) is 5.10 Å². The van der Waals surface area contributed by atoms with Gasteiger partial charge in [0, 0.05) is 45.5 Å². The predicted molar refractivity (Wildman–Crippen MR) is 98.8 cm³/mol. The van der Waals surface area contributed by atoms with Crippen LogP contribution in [0.5, 0.6) is 0 Å². The lowest BCUT2D eigenvalue weighted by Crippen LogP contribution is -2.45. The summed E-state index contributed by atoms with van der Waals surface area (Å²) in [6.07, 6.45) is 5.19. The SMILES string of the molecule is CN(C)C(=O)[C@@H]1CCCN(C(=O)c2ccccc2-n2cc(CN)cn2)C1. The van der Waals surface area contributed by atoms with Gasteiger partial charge in [-0.05, 0) is 25.0 Å². The zero-order chi connectivity index (χ0) is 18.7. The molecule has 0 unspecified atom stereocenters. The van der Waals surface area contributed by atoms with Crippen molar-refractivity contribution in [2.45, 2.75) is 19.4 Å². The van der Waals surface area contributed by atoms with Gasteiger partial charge in [0.1, 0.15) is 0 Å². The molecule has 0 saturated carbocycles. The summed E-state index contributed by atoms with van der Waals surface area (Å²) in [5.41, 5.74) is 7.87. The number of nitrogens with two attached hydrogens (primary N) is 1. The van der Waals surface area contributed by atoms with E-state index in [1.807, 2.05) is 24.4 Å². The van der Waals surface area contributed by atoms with Crippen LogP contribution >= 0.6 is 0 Å². The van der Waals surface area contributed by atoms with Gasteiger partial charge in [-0.15, -0.1) is 0 Å². The third-order valence-corrected chi connectivity index (χ3v) is 4.75. The van der Waals surface area contributed by atoms with Crippen molar-refractivity contribution in [3.05, 3.63) is 47.8 Å². The normalized spacial score (nSPS) is 17.2. The summed E-state index contributed by atoms with van der Waals surface area (Å²) < 4.78 is 1.68. The Bertz CT molecular complexity index is 799. The standard InChI is InChI=1S/C19H25N5O2/c1-22(2)18(25)15-6-5-9-23(13-15)19(26)16-7-3-4-8-17(16)24-12-14(10-20)11-21-24/h3-4,7-8,11-12,15H,5-6,9-10,13,20H2,1-2H3/t15-/m1/s1. The summed E-state index contributed by atoms with van der Waals surface area (Å²) in [5.74, 6) is -0.125. The summed E-state index contributed by atoms with van der Waals surface area (Å²) in [7, 11) is 3.51. The molecule has 0 spiro atoms. The van der Waals surface area contributed by atoms with Crippen molar-refractivity contribution in [3.8, 4) is 5.69 Å². The molecular formula is C19H25N5O2. The van der Waals surface area contributed by atoms with Gasteiger partial charge in [0.25, 0.3) is 5.91 Å². The molecule has 2 amide bonds. The van der Waals surface area contributed by atoms with Gasteiger partial charge in [0.15, 0.2) is 0 Å². The number of aromatic nitrogens is 2. The smallest absolute Gasteiger partial charge is 0.256 e. The molecule has 2 heterocycles. The second-order valence-corrected chi connectivity index (χ2v) is 6.84. The topological polar surface area (TPSA) is 84.5 Å². The third-order valence-electron chi connectivity index (χ3n) is 4.75. The first-order valence-corrected chi connectivity index (χ1v) is 8.84. The molecule has 7 heteroatoms. The maximum Gasteiger partial charge on any atom is 0.256 e. The van der Waals surface area contributed by atoms with Crippen molar-refractivity contribution in [2.24, 2.45) is 11.7 Å². The average Bonchev–Trinajstić information content (AvgIpc) is 3.16. The predicted octanol–water partition coefficient (Wildman–Crippen LogP) is 1.27. The number of piperidine rings is 1. The second kappa shape index (κ2) is 7.70. The van der Waals surface area contributed by atoms with Crippen molar-refractivity contribution in [1.29, 1.82) is 0 Å². The minimum absolute atomic E-state index is 0.0679. The van der Waals surface area contributed by atoms with E-state index in [0.717, 1.165) is 24.1 Å². The van der Waals surface area contributed by atoms with Crippen molar-refractivity contribution in [3.63, 3.8) is 0 Å². The Morgan fingerprint density at radius 2 is 2.08 bits per heavy atom. The van der Waals surface area contributed by atoms with Crippen LogP contribution < -0.4 is 5.73 Å². The van der Waals surface area contributed by atoms with Crippen molar-refractivity contribution in [1.82, 2.24) is 19.6 Å². The van der Waals surface area contributed by atoms with E-state index >= 15 is 0 Å². The first-order valence-electron chi connectivity index (χ1n) is 8.84. The molecule has 0 bridgehead atoms.